The molecule has 2 aromatic rings. The molecule has 0 N–H and O–H groups in total. The third-order valence-corrected chi connectivity index (χ3v) is 8.49. The van der Waals surface area contributed by atoms with Gasteiger partial charge in [0.15, 0.2) is 11.6 Å². The van der Waals surface area contributed by atoms with Crippen molar-refractivity contribution in [1.29, 1.82) is 0 Å². The van der Waals surface area contributed by atoms with E-state index in [-0.39, 0.29) is 42.8 Å². The fourth-order valence-corrected chi connectivity index (χ4v) is 5.96. The van der Waals surface area contributed by atoms with E-state index in [4.69, 9.17) is 14.5 Å². The first-order chi connectivity index (χ1) is 21.4. The van der Waals surface area contributed by atoms with Crippen molar-refractivity contribution >= 4 is 11.5 Å². The molecular formula is C33H43F4N5O3. The molecule has 1 amide bonds. The summed E-state index contributed by atoms with van der Waals surface area (Å²) in [6, 6.07) is 4.89. The summed E-state index contributed by atoms with van der Waals surface area (Å²) in [7, 11) is 1.49. The third kappa shape index (κ3) is 8.09. The molecule has 2 aliphatic rings. The van der Waals surface area contributed by atoms with E-state index in [0.29, 0.717) is 38.1 Å². The number of halogens is 4. The largest absolute Gasteiger partial charge is 0.376 e. The van der Waals surface area contributed by atoms with E-state index >= 15 is 8.78 Å². The minimum absolute atomic E-state index is 0.0154. The van der Waals surface area contributed by atoms with Crippen LogP contribution in [-0.4, -0.2) is 88.2 Å². The second-order valence-corrected chi connectivity index (χ2v) is 12.1. The van der Waals surface area contributed by atoms with Gasteiger partial charge in [0.1, 0.15) is 30.0 Å². The number of allylic oxidation sites excluding steroid dienone is 5. The van der Waals surface area contributed by atoms with E-state index in [0.717, 1.165) is 19.1 Å². The molecule has 2 aliphatic heterocycles. The molecule has 0 saturated carbocycles. The van der Waals surface area contributed by atoms with Crippen LogP contribution in [0.15, 0.2) is 54.7 Å². The number of alkyl halides is 1. The summed E-state index contributed by atoms with van der Waals surface area (Å²) in [5.41, 5.74) is -0.878. The zero-order valence-corrected chi connectivity index (χ0v) is 26.6. The lowest BCUT2D eigenvalue weighted by Gasteiger charge is -2.42. The molecule has 4 unspecified atom stereocenters. The van der Waals surface area contributed by atoms with E-state index in [9.17, 15) is 13.6 Å². The molecule has 2 fully saturated rings. The number of hydrogen-bond donors (Lipinski definition) is 0. The Morgan fingerprint density at radius 2 is 2.07 bits per heavy atom. The van der Waals surface area contributed by atoms with E-state index in [1.54, 1.807) is 30.9 Å². The minimum atomic E-state index is -1.18. The maximum Gasteiger partial charge on any atom is 0.252 e. The number of hydrogen-bond acceptors (Lipinski definition) is 6. The topological polar surface area (TPSA) is 72.7 Å². The summed E-state index contributed by atoms with van der Waals surface area (Å²) >= 11 is 0. The zero-order valence-electron chi connectivity index (χ0n) is 26.6. The van der Waals surface area contributed by atoms with Gasteiger partial charge in [-0.15, -0.1) is 0 Å². The lowest BCUT2D eigenvalue weighted by Crippen LogP contribution is -2.52. The molecule has 8 nitrogen and oxygen atoms in total. The Morgan fingerprint density at radius 1 is 1.31 bits per heavy atom. The molecule has 0 aliphatic carbocycles. The molecule has 246 valence electrons. The van der Waals surface area contributed by atoms with Gasteiger partial charge in [0.05, 0.1) is 23.5 Å². The minimum Gasteiger partial charge on any atom is -0.376 e. The second kappa shape index (κ2) is 14.8. The third-order valence-electron chi connectivity index (χ3n) is 8.49. The molecule has 4 rings (SSSR count). The average Bonchev–Trinajstić information content (AvgIpc) is 3.76. The number of benzene rings is 1. The highest BCUT2D eigenvalue weighted by Gasteiger charge is 2.46. The Bertz CT molecular complexity index is 1410. The van der Waals surface area contributed by atoms with Crippen LogP contribution < -0.4 is 0 Å². The molecule has 1 aromatic carbocycles. The van der Waals surface area contributed by atoms with Crippen molar-refractivity contribution in [2.45, 2.75) is 71.0 Å². The number of methoxy groups -OCH3 is 1. The molecule has 0 spiro atoms. The van der Waals surface area contributed by atoms with Crippen molar-refractivity contribution in [2.75, 3.05) is 39.9 Å². The summed E-state index contributed by atoms with van der Waals surface area (Å²) in [4.78, 5) is 22.5. The summed E-state index contributed by atoms with van der Waals surface area (Å²) in [6.07, 6.45) is 1.16. The number of ether oxygens (including phenoxy) is 2. The van der Waals surface area contributed by atoms with Crippen LogP contribution in [0.25, 0.3) is 5.57 Å². The van der Waals surface area contributed by atoms with Crippen LogP contribution in [0, 0.1) is 11.7 Å². The summed E-state index contributed by atoms with van der Waals surface area (Å²) in [5, 5.41) is 4.56. The molecule has 45 heavy (non-hydrogen) atoms. The lowest BCUT2D eigenvalue weighted by molar-refractivity contribution is -0.153. The zero-order chi connectivity index (χ0) is 32.9. The van der Waals surface area contributed by atoms with Crippen molar-refractivity contribution < 1.29 is 31.8 Å². The van der Waals surface area contributed by atoms with Gasteiger partial charge in [-0.25, -0.2) is 27.2 Å². The van der Waals surface area contributed by atoms with Crippen molar-refractivity contribution in [3.8, 4) is 0 Å². The fourth-order valence-electron chi connectivity index (χ4n) is 5.96. The number of carbonyl (C=O) groups is 1. The molecule has 2 saturated heterocycles. The highest BCUT2D eigenvalue weighted by molar-refractivity contribution is 5.82. The van der Waals surface area contributed by atoms with Crippen LogP contribution in [0.3, 0.4) is 0 Å². The normalized spacial score (nSPS) is 22.4. The molecule has 4 atom stereocenters. The molecule has 3 heterocycles. The molecule has 0 radical (unpaired) electrons. The lowest BCUT2D eigenvalue weighted by atomic mass is 9.93. The van der Waals surface area contributed by atoms with Crippen LogP contribution in [0.5, 0.6) is 0 Å². The number of amides is 1. The summed E-state index contributed by atoms with van der Waals surface area (Å²) in [6.45, 7) is 11.9. The number of carbonyl (C=O) groups excluding carboxylic acids is 1. The van der Waals surface area contributed by atoms with Crippen molar-refractivity contribution in [2.24, 2.45) is 5.92 Å². The van der Waals surface area contributed by atoms with Gasteiger partial charge in [0.25, 0.3) is 5.91 Å². The summed E-state index contributed by atoms with van der Waals surface area (Å²) < 4.78 is 72.1. The van der Waals surface area contributed by atoms with Gasteiger partial charge in [0.2, 0.25) is 0 Å². The quantitative estimate of drug-likeness (QED) is 0.200. The van der Waals surface area contributed by atoms with Gasteiger partial charge in [-0.3, -0.25) is 4.79 Å². The number of rotatable bonds is 13. The van der Waals surface area contributed by atoms with Crippen LogP contribution in [0.1, 0.15) is 63.8 Å². The Kier molecular flexibility index (Phi) is 11.4. The van der Waals surface area contributed by atoms with Gasteiger partial charge in [0, 0.05) is 39.3 Å². The highest BCUT2D eigenvalue weighted by atomic mass is 19.1. The van der Waals surface area contributed by atoms with Crippen LogP contribution in [0.2, 0.25) is 0 Å². The Morgan fingerprint density at radius 3 is 2.64 bits per heavy atom. The molecular weight excluding hydrogens is 590 g/mol. The predicted octanol–water partition coefficient (Wildman–Crippen LogP) is 5.97. The first-order valence-corrected chi connectivity index (χ1v) is 15.3. The van der Waals surface area contributed by atoms with E-state index < -0.39 is 47.3 Å². The van der Waals surface area contributed by atoms with Crippen molar-refractivity contribution in [1.82, 2.24) is 24.6 Å². The van der Waals surface area contributed by atoms with Gasteiger partial charge < -0.3 is 19.3 Å². The van der Waals surface area contributed by atoms with Gasteiger partial charge in [-0.2, -0.15) is 5.10 Å². The number of aromatic nitrogens is 3. The van der Waals surface area contributed by atoms with Gasteiger partial charge >= 0.3 is 0 Å². The summed E-state index contributed by atoms with van der Waals surface area (Å²) in [5.74, 6) is -2.87. The predicted molar refractivity (Wildman–Crippen MR) is 164 cm³/mol. The number of likely N-dealkylation sites (tertiary alicyclic amines) is 1. The van der Waals surface area contributed by atoms with Crippen molar-refractivity contribution in [3.05, 3.63) is 77.7 Å². The molecule has 12 heteroatoms. The van der Waals surface area contributed by atoms with Crippen LogP contribution >= 0.6 is 0 Å². The Balaban J connectivity index is 1.93. The SMILES string of the molecule is C=CC(F)=C(C=C(C)F)c1nc(C(N(CC2CN(CC)CC2F)C(=O)C2CCCO2)C(C)(C)OC)n(Cc2cccc(F)c2)n1. The Hall–Kier alpha value is -3.35. The van der Waals surface area contributed by atoms with Crippen LogP contribution in [-0.2, 0) is 20.8 Å². The van der Waals surface area contributed by atoms with E-state index in [2.05, 4.69) is 11.7 Å². The highest BCUT2D eigenvalue weighted by Crippen LogP contribution is 2.38. The standard InChI is InChI=1S/C33H43F4N5O3/c1-7-26(36)25(15-21(3)34)30-38-31(42(39-30)17-22-11-9-12-24(35)16-22)29(33(4,5)44-6)41(32(43)28-13-10-14-45-28)19-23-18-40(8-2)20-27(23)37/h7,9,11-12,15-16,23,27-29H,1,8,10,13-14,17-20H2,2-6H3. The monoisotopic (exact) mass is 633 g/mol. The second-order valence-electron chi connectivity index (χ2n) is 12.1. The maximum atomic E-state index is 15.4. The Labute approximate surface area is 262 Å². The average molecular weight is 634 g/mol. The number of nitrogens with zero attached hydrogens (tertiary/aromatic N) is 5. The van der Waals surface area contributed by atoms with Gasteiger partial charge in [-0.05, 0) is 70.0 Å². The van der Waals surface area contributed by atoms with Crippen LogP contribution in [0.4, 0.5) is 17.6 Å². The van der Waals surface area contributed by atoms with E-state index in [1.165, 1.54) is 23.9 Å². The van der Waals surface area contributed by atoms with Gasteiger partial charge in [-0.1, -0.05) is 25.6 Å². The first-order valence-electron chi connectivity index (χ1n) is 15.3. The fraction of sp³-hybridized carbons (Fsp3) is 0.545. The van der Waals surface area contributed by atoms with Crippen molar-refractivity contribution in [3.63, 3.8) is 0 Å². The first kappa shape index (κ1) is 34.5. The molecule has 1 aromatic heterocycles. The maximum absolute atomic E-state index is 15.4. The smallest absolute Gasteiger partial charge is 0.252 e. The molecule has 0 bridgehead atoms. The van der Waals surface area contributed by atoms with E-state index in [1.807, 2.05) is 11.8 Å².